The molecule has 0 saturated heterocycles. The first-order chi connectivity index (χ1) is 14.1. The van der Waals surface area contributed by atoms with Crippen molar-refractivity contribution in [2.75, 3.05) is 5.73 Å². The minimum absolute atomic E-state index is 0.122. The molecule has 0 heterocycles. The highest BCUT2D eigenvalue weighted by molar-refractivity contribution is 7.93. The number of hydrogen-bond donors (Lipinski definition) is 1. The zero-order valence-corrected chi connectivity index (χ0v) is 16.6. The molecule has 144 valence electrons. The van der Waals surface area contributed by atoms with E-state index in [1.54, 1.807) is 24.3 Å². The van der Waals surface area contributed by atoms with Gasteiger partial charge in [-0.05, 0) is 28.8 Å². The molecule has 0 saturated carbocycles. The summed E-state index contributed by atoms with van der Waals surface area (Å²) in [6.07, 6.45) is 0. The van der Waals surface area contributed by atoms with E-state index in [0.717, 1.165) is 0 Å². The summed E-state index contributed by atoms with van der Waals surface area (Å²) in [5.41, 5.74) is 8.40. The minimum Gasteiger partial charge on any atom is -0.398 e. The van der Waals surface area contributed by atoms with Gasteiger partial charge in [0.05, 0.1) is 10.6 Å². The van der Waals surface area contributed by atoms with E-state index in [0.29, 0.717) is 16.7 Å². The fraction of sp³-hybridized carbons (Fsp3) is 0.0400. The number of nitrogen functional groups attached to an aromatic ring is 1. The minimum atomic E-state index is -3.98. The van der Waals surface area contributed by atoms with Crippen LogP contribution in [0.25, 0.3) is 0 Å². The molecule has 0 amide bonds. The maximum atomic E-state index is 14.4. The summed E-state index contributed by atoms with van der Waals surface area (Å²) in [7, 11) is -3.98. The van der Waals surface area contributed by atoms with E-state index in [4.69, 9.17) is 5.73 Å². The summed E-state index contributed by atoms with van der Waals surface area (Å²) in [5, 5.41) is 0. The van der Waals surface area contributed by atoms with Gasteiger partial charge in [0.2, 0.25) is 0 Å². The van der Waals surface area contributed by atoms with Gasteiger partial charge in [-0.2, -0.15) is 0 Å². The molecule has 0 fully saturated rings. The van der Waals surface area contributed by atoms with Crippen molar-refractivity contribution in [3.63, 3.8) is 0 Å². The van der Waals surface area contributed by atoms with E-state index in [2.05, 4.69) is 0 Å². The lowest BCUT2D eigenvalue weighted by atomic mass is 9.84. The topological polar surface area (TPSA) is 60.2 Å². The average Bonchev–Trinajstić information content (AvgIpc) is 2.77. The van der Waals surface area contributed by atoms with Gasteiger partial charge < -0.3 is 5.73 Å². The van der Waals surface area contributed by atoms with Crippen molar-refractivity contribution in [2.24, 2.45) is 0 Å². The number of sulfone groups is 1. The molecule has 0 aliphatic carbocycles. The van der Waals surface area contributed by atoms with Crippen molar-refractivity contribution in [2.45, 2.75) is 9.64 Å². The third kappa shape index (κ3) is 3.02. The number of rotatable bonds is 5. The molecule has 4 aromatic carbocycles. The van der Waals surface area contributed by atoms with Gasteiger partial charge >= 0.3 is 0 Å². The molecule has 0 spiro atoms. The molecule has 0 aliphatic rings. The molecular formula is C25H21NO2S. The third-order valence-electron chi connectivity index (χ3n) is 5.15. The molecule has 3 nitrogen and oxygen atoms in total. The van der Waals surface area contributed by atoms with Gasteiger partial charge in [0.25, 0.3) is 0 Å². The van der Waals surface area contributed by atoms with Crippen LogP contribution in [0.3, 0.4) is 0 Å². The van der Waals surface area contributed by atoms with E-state index in [9.17, 15) is 8.42 Å². The predicted octanol–water partition coefficient (Wildman–Crippen LogP) is 5.03. The maximum Gasteiger partial charge on any atom is 0.198 e. The summed E-state index contributed by atoms with van der Waals surface area (Å²) < 4.78 is 27.4. The van der Waals surface area contributed by atoms with E-state index < -0.39 is 14.6 Å². The van der Waals surface area contributed by atoms with Gasteiger partial charge in [0.15, 0.2) is 14.6 Å². The monoisotopic (exact) mass is 399 g/mol. The highest BCUT2D eigenvalue weighted by atomic mass is 32.2. The van der Waals surface area contributed by atoms with E-state index in [-0.39, 0.29) is 10.6 Å². The molecule has 0 aliphatic heterocycles. The van der Waals surface area contributed by atoms with Crippen molar-refractivity contribution in [3.05, 3.63) is 132 Å². The van der Waals surface area contributed by atoms with Gasteiger partial charge in [-0.15, -0.1) is 0 Å². The molecular weight excluding hydrogens is 378 g/mol. The van der Waals surface area contributed by atoms with Gasteiger partial charge in [-0.25, -0.2) is 8.42 Å². The zero-order valence-electron chi connectivity index (χ0n) is 15.8. The molecule has 0 aromatic heterocycles. The van der Waals surface area contributed by atoms with E-state index >= 15 is 0 Å². The lowest BCUT2D eigenvalue weighted by molar-refractivity contribution is 0.572. The van der Waals surface area contributed by atoms with Crippen LogP contribution < -0.4 is 5.73 Å². The Hall–Kier alpha value is -3.37. The van der Waals surface area contributed by atoms with Crippen LogP contribution in [0.1, 0.15) is 16.7 Å². The van der Waals surface area contributed by atoms with Crippen molar-refractivity contribution in [3.8, 4) is 0 Å². The van der Waals surface area contributed by atoms with Crippen molar-refractivity contribution in [1.82, 2.24) is 0 Å². The summed E-state index contributed by atoms with van der Waals surface area (Å²) in [5.74, 6) is 0. The summed E-state index contributed by atoms with van der Waals surface area (Å²) >= 11 is 0. The molecule has 2 N–H and O–H groups in total. The van der Waals surface area contributed by atoms with Crippen molar-refractivity contribution in [1.29, 1.82) is 0 Å². The number of hydrogen-bond acceptors (Lipinski definition) is 3. The fourth-order valence-electron chi connectivity index (χ4n) is 3.87. The Morgan fingerprint density at radius 3 is 1.24 bits per heavy atom. The summed E-state index contributed by atoms with van der Waals surface area (Å²) in [4.78, 5) is 0.122. The second-order valence-corrected chi connectivity index (χ2v) is 8.88. The smallest absolute Gasteiger partial charge is 0.198 e. The van der Waals surface area contributed by atoms with Crippen LogP contribution in [0.15, 0.2) is 120 Å². The van der Waals surface area contributed by atoms with E-state index in [1.807, 2.05) is 91.0 Å². The van der Waals surface area contributed by atoms with Crippen LogP contribution in [0.5, 0.6) is 0 Å². The second-order valence-electron chi connectivity index (χ2n) is 6.82. The Bertz CT molecular complexity index is 1110. The van der Waals surface area contributed by atoms with Crippen molar-refractivity contribution < 1.29 is 8.42 Å². The third-order valence-corrected chi connectivity index (χ3v) is 7.62. The summed E-state index contributed by atoms with van der Waals surface area (Å²) in [6, 6.07) is 34.6. The Kier molecular flexibility index (Phi) is 4.95. The molecule has 4 aromatic rings. The molecule has 29 heavy (non-hydrogen) atoms. The van der Waals surface area contributed by atoms with Crippen LogP contribution in [-0.2, 0) is 14.6 Å². The standard InChI is InChI=1S/C25H21NO2S/c26-23-18-10-11-19-24(23)29(27,28)25(20-12-4-1-5-13-20,21-14-6-2-7-15-21)22-16-8-3-9-17-22/h1-19H,26H2. The van der Waals surface area contributed by atoms with Crippen molar-refractivity contribution >= 4 is 15.5 Å². The van der Waals surface area contributed by atoms with Crippen LogP contribution in [0.2, 0.25) is 0 Å². The van der Waals surface area contributed by atoms with Gasteiger partial charge in [-0.3, -0.25) is 0 Å². The molecule has 0 atom stereocenters. The molecule has 0 bridgehead atoms. The normalized spacial score (nSPS) is 11.9. The number of anilines is 1. The first-order valence-electron chi connectivity index (χ1n) is 9.34. The first-order valence-corrected chi connectivity index (χ1v) is 10.8. The highest BCUT2D eigenvalue weighted by Gasteiger charge is 2.49. The average molecular weight is 400 g/mol. The number of benzene rings is 4. The lowest BCUT2D eigenvalue weighted by Crippen LogP contribution is -2.39. The van der Waals surface area contributed by atoms with E-state index in [1.165, 1.54) is 0 Å². The Balaban J connectivity index is 2.19. The predicted molar refractivity (Wildman–Crippen MR) is 117 cm³/mol. The number of nitrogens with two attached hydrogens (primary N) is 1. The molecule has 4 rings (SSSR count). The number of para-hydroxylation sites is 1. The van der Waals surface area contributed by atoms with Gasteiger partial charge in [-0.1, -0.05) is 103 Å². The van der Waals surface area contributed by atoms with Gasteiger partial charge in [0, 0.05) is 0 Å². The Morgan fingerprint density at radius 1 is 0.517 bits per heavy atom. The lowest BCUT2D eigenvalue weighted by Gasteiger charge is -2.35. The maximum absolute atomic E-state index is 14.4. The van der Waals surface area contributed by atoms with Crippen LogP contribution in [0.4, 0.5) is 5.69 Å². The highest BCUT2D eigenvalue weighted by Crippen LogP contribution is 2.47. The van der Waals surface area contributed by atoms with Crippen LogP contribution >= 0.6 is 0 Å². The molecule has 4 heteroatoms. The largest absolute Gasteiger partial charge is 0.398 e. The van der Waals surface area contributed by atoms with Gasteiger partial charge in [0.1, 0.15) is 0 Å². The fourth-order valence-corrected chi connectivity index (χ4v) is 6.18. The first kappa shape index (κ1) is 19.0. The summed E-state index contributed by atoms with van der Waals surface area (Å²) in [6.45, 7) is 0. The zero-order chi connectivity index (χ0) is 20.3. The Morgan fingerprint density at radius 2 is 0.862 bits per heavy atom. The molecule has 0 unspecified atom stereocenters. The molecule has 0 radical (unpaired) electrons. The second kappa shape index (κ2) is 7.57. The van der Waals surface area contributed by atoms with Crippen LogP contribution in [0, 0.1) is 0 Å². The quantitative estimate of drug-likeness (QED) is 0.378. The van der Waals surface area contributed by atoms with Crippen LogP contribution in [-0.4, -0.2) is 8.42 Å². The Labute approximate surface area is 171 Å². The SMILES string of the molecule is Nc1ccccc1S(=O)(=O)C(c1ccccc1)(c1ccccc1)c1ccccc1.